The number of aromatic nitrogens is 2. The molecule has 0 unspecified atom stereocenters. The highest BCUT2D eigenvalue weighted by Gasteiger charge is 2.12. The minimum atomic E-state index is 0.683. The summed E-state index contributed by atoms with van der Waals surface area (Å²) in [6.45, 7) is 0. The smallest absolute Gasteiger partial charge is 0.170 e. The lowest BCUT2D eigenvalue weighted by Crippen LogP contribution is -1.96. The molecule has 2 heterocycles. The van der Waals surface area contributed by atoms with Crippen LogP contribution in [0.25, 0.3) is 11.5 Å². The summed E-state index contributed by atoms with van der Waals surface area (Å²) in [5.74, 6) is 1.38. The molecule has 14 heavy (non-hydrogen) atoms. The molecular weight excluding hydrogens is 246 g/mol. The van der Waals surface area contributed by atoms with Gasteiger partial charge in [0.15, 0.2) is 11.6 Å². The van der Waals surface area contributed by atoms with Crippen molar-refractivity contribution in [3.63, 3.8) is 0 Å². The Kier molecular flexibility index (Phi) is 2.49. The van der Waals surface area contributed by atoms with Crippen LogP contribution in [0.2, 0.25) is 0 Å². The summed E-state index contributed by atoms with van der Waals surface area (Å²) < 4.78 is 6.17. The quantitative estimate of drug-likeness (QED) is 0.894. The molecule has 2 aromatic rings. The van der Waals surface area contributed by atoms with E-state index in [9.17, 15) is 0 Å². The number of hydrogen-bond donors (Lipinski definition) is 1. The van der Waals surface area contributed by atoms with Crippen LogP contribution in [0, 0.1) is 0 Å². The van der Waals surface area contributed by atoms with Crippen LogP contribution in [-0.2, 0) is 0 Å². The zero-order valence-electron chi connectivity index (χ0n) is 7.49. The highest BCUT2D eigenvalue weighted by Crippen LogP contribution is 2.30. The molecule has 0 atom stereocenters. The SMILES string of the molecule is CNc1nccnc1-c1occc1Br. The molecule has 0 aromatic carbocycles. The minimum absolute atomic E-state index is 0.683. The van der Waals surface area contributed by atoms with Crippen LogP contribution in [0.1, 0.15) is 0 Å². The minimum Gasteiger partial charge on any atom is -0.461 e. The molecular formula is C9H8BrN3O. The van der Waals surface area contributed by atoms with Crippen LogP contribution >= 0.6 is 15.9 Å². The zero-order valence-corrected chi connectivity index (χ0v) is 9.08. The van der Waals surface area contributed by atoms with Crippen molar-refractivity contribution in [1.29, 1.82) is 0 Å². The van der Waals surface area contributed by atoms with Crippen molar-refractivity contribution in [2.45, 2.75) is 0 Å². The molecule has 5 heteroatoms. The van der Waals surface area contributed by atoms with Gasteiger partial charge in [-0.05, 0) is 22.0 Å². The summed E-state index contributed by atoms with van der Waals surface area (Å²) in [6.07, 6.45) is 4.87. The Hall–Kier alpha value is -1.36. The Morgan fingerprint density at radius 1 is 1.36 bits per heavy atom. The van der Waals surface area contributed by atoms with E-state index in [4.69, 9.17) is 4.42 Å². The maximum Gasteiger partial charge on any atom is 0.170 e. The van der Waals surface area contributed by atoms with Crippen molar-refractivity contribution in [3.8, 4) is 11.5 Å². The lowest BCUT2D eigenvalue weighted by molar-refractivity contribution is 0.579. The van der Waals surface area contributed by atoms with Gasteiger partial charge in [0.2, 0.25) is 0 Å². The maximum absolute atomic E-state index is 5.30. The first-order chi connectivity index (χ1) is 6.83. The van der Waals surface area contributed by atoms with Crippen LogP contribution in [0.3, 0.4) is 0 Å². The Morgan fingerprint density at radius 3 is 2.79 bits per heavy atom. The molecule has 2 rings (SSSR count). The zero-order chi connectivity index (χ0) is 9.97. The third kappa shape index (κ3) is 1.50. The van der Waals surface area contributed by atoms with Gasteiger partial charge < -0.3 is 9.73 Å². The van der Waals surface area contributed by atoms with Crippen LogP contribution in [-0.4, -0.2) is 17.0 Å². The number of rotatable bonds is 2. The number of hydrogen-bond acceptors (Lipinski definition) is 4. The second kappa shape index (κ2) is 3.79. The molecule has 2 aromatic heterocycles. The molecule has 0 fully saturated rings. The fraction of sp³-hybridized carbons (Fsp3) is 0.111. The van der Waals surface area contributed by atoms with E-state index in [0.717, 1.165) is 4.47 Å². The van der Waals surface area contributed by atoms with Crippen LogP contribution in [0.15, 0.2) is 33.6 Å². The van der Waals surface area contributed by atoms with Crippen molar-refractivity contribution in [1.82, 2.24) is 9.97 Å². The highest BCUT2D eigenvalue weighted by molar-refractivity contribution is 9.10. The summed E-state index contributed by atoms with van der Waals surface area (Å²) in [7, 11) is 1.80. The molecule has 0 saturated carbocycles. The highest BCUT2D eigenvalue weighted by atomic mass is 79.9. The molecule has 0 spiro atoms. The van der Waals surface area contributed by atoms with Gasteiger partial charge in [0.1, 0.15) is 5.69 Å². The second-order valence-corrected chi connectivity index (χ2v) is 3.46. The first-order valence-electron chi connectivity index (χ1n) is 4.05. The van der Waals surface area contributed by atoms with Crippen LogP contribution in [0.4, 0.5) is 5.82 Å². The topological polar surface area (TPSA) is 51.0 Å². The number of nitrogens with zero attached hydrogens (tertiary/aromatic N) is 2. The van der Waals surface area contributed by atoms with Gasteiger partial charge in [0.25, 0.3) is 0 Å². The summed E-state index contributed by atoms with van der Waals surface area (Å²) in [5.41, 5.74) is 0.701. The van der Waals surface area contributed by atoms with Gasteiger partial charge in [-0.3, -0.25) is 0 Å². The van der Waals surface area contributed by atoms with Gasteiger partial charge in [-0.2, -0.15) is 0 Å². The molecule has 4 nitrogen and oxygen atoms in total. The number of nitrogens with one attached hydrogen (secondary N) is 1. The monoisotopic (exact) mass is 253 g/mol. The van der Waals surface area contributed by atoms with Gasteiger partial charge >= 0.3 is 0 Å². The lowest BCUT2D eigenvalue weighted by Gasteiger charge is -2.03. The predicted octanol–water partition coefficient (Wildman–Crippen LogP) is 2.54. The van der Waals surface area contributed by atoms with Crippen LogP contribution < -0.4 is 5.32 Å². The van der Waals surface area contributed by atoms with Gasteiger partial charge in [0.05, 0.1) is 10.7 Å². The van der Waals surface area contributed by atoms with Crippen molar-refractivity contribution >= 4 is 21.7 Å². The maximum atomic E-state index is 5.30. The van der Waals surface area contributed by atoms with Crippen LogP contribution in [0.5, 0.6) is 0 Å². The summed E-state index contributed by atoms with van der Waals surface area (Å²) in [4.78, 5) is 8.34. The molecule has 0 radical (unpaired) electrons. The van der Waals surface area contributed by atoms with E-state index in [2.05, 4.69) is 31.2 Å². The second-order valence-electron chi connectivity index (χ2n) is 2.60. The van der Waals surface area contributed by atoms with E-state index >= 15 is 0 Å². The average Bonchev–Trinajstić information content (AvgIpc) is 2.64. The fourth-order valence-electron chi connectivity index (χ4n) is 1.15. The summed E-state index contributed by atoms with van der Waals surface area (Å²) in [5, 5.41) is 2.96. The molecule has 1 N–H and O–H groups in total. The van der Waals surface area contributed by atoms with Crippen molar-refractivity contribution in [2.24, 2.45) is 0 Å². The Morgan fingerprint density at radius 2 is 2.14 bits per heavy atom. The van der Waals surface area contributed by atoms with Crippen molar-refractivity contribution in [3.05, 3.63) is 29.2 Å². The Balaban J connectivity index is 2.56. The predicted molar refractivity (Wildman–Crippen MR) is 57.0 cm³/mol. The fourth-order valence-corrected chi connectivity index (χ4v) is 1.54. The molecule has 0 aliphatic rings. The standard InChI is InChI=1S/C9H8BrN3O/c1-11-9-7(12-3-4-13-9)8-6(10)2-5-14-8/h2-5H,1H3,(H,11,13). The molecule has 0 aliphatic carbocycles. The van der Waals surface area contributed by atoms with E-state index < -0.39 is 0 Å². The third-order valence-corrected chi connectivity index (χ3v) is 2.39. The summed E-state index contributed by atoms with van der Waals surface area (Å²) in [6, 6.07) is 1.82. The van der Waals surface area contributed by atoms with Gasteiger partial charge in [-0.25, -0.2) is 9.97 Å². The number of furan rings is 1. The van der Waals surface area contributed by atoms with E-state index in [-0.39, 0.29) is 0 Å². The summed E-state index contributed by atoms with van der Waals surface area (Å²) >= 11 is 3.38. The molecule has 0 amide bonds. The number of halogens is 1. The lowest BCUT2D eigenvalue weighted by atomic mass is 10.3. The normalized spacial score (nSPS) is 10.1. The van der Waals surface area contributed by atoms with Crippen molar-refractivity contribution in [2.75, 3.05) is 12.4 Å². The van der Waals surface area contributed by atoms with E-state index in [1.54, 1.807) is 25.7 Å². The number of anilines is 1. The van der Waals surface area contributed by atoms with E-state index in [1.165, 1.54) is 0 Å². The Bertz CT molecular complexity index is 441. The molecule has 0 aliphatic heterocycles. The van der Waals surface area contributed by atoms with E-state index in [1.807, 2.05) is 6.07 Å². The molecule has 0 bridgehead atoms. The van der Waals surface area contributed by atoms with Crippen molar-refractivity contribution < 1.29 is 4.42 Å². The molecule has 72 valence electrons. The third-order valence-electron chi connectivity index (χ3n) is 1.77. The van der Waals surface area contributed by atoms with Gasteiger partial charge in [-0.15, -0.1) is 0 Å². The Labute approximate surface area is 89.5 Å². The first-order valence-corrected chi connectivity index (χ1v) is 4.84. The molecule has 0 saturated heterocycles. The van der Waals surface area contributed by atoms with Gasteiger partial charge in [0, 0.05) is 19.4 Å². The average molecular weight is 254 g/mol. The first kappa shape index (κ1) is 9.21. The van der Waals surface area contributed by atoms with Gasteiger partial charge in [-0.1, -0.05) is 0 Å². The largest absolute Gasteiger partial charge is 0.461 e. The van der Waals surface area contributed by atoms with E-state index in [0.29, 0.717) is 17.3 Å².